The number of halogens is 1. The third-order valence-corrected chi connectivity index (χ3v) is 3.46. The van der Waals surface area contributed by atoms with E-state index in [1.165, 1.54) is 5.56 Å². The number of rotatable bonds is 6. The van der Waals surface area contributed by atoms with Crippen LogP contribution in [0, 0.1) is 0 Å². The van der Waals surface area contributed by atoms with E-state index in [0.717, 1.165) is 12.8 Å². The average molecular weight is 303 g/mol. The molecule has 110 valence electrons. The minimum Gasteiger partial charge on any atom is -0.483 e. The van der Waals surface area contributed by atoms with Crippen molar-refractivity contribution in [3.8, 4) is 5.75 Å². The Kier molecular flexibility index (Phi) is 5.40. The van der Waals surface area contributed by atoms with Gasteiger partial charge in [-0.1, -0.05) is 49.2 Å². The molecule has 0 saturated heterocycles. The highest BCUT2D eigenvalue weighted by molar-refractivity contribution is 6.30. The third kappa shape index (κ3) is 4.33. The normalized spacial score (nSPS) is 12.0. The molecule has 0 radical (unpaired) electrons. The van der Waals surface area contributed by atoms with Crippen LogP contribution in [0.25, 0.3) is 0 Å². The van der Waals surface area contributed by atoms with Gasteiger partial charge in [-0.2, -0.15) is 0 Å². The van der Waals surface area contributed by atoms with E-state index in [2.05, 4.69) is 6.92 Å². The molecule has 1 atom stereocenters. The molecule has 0 spiro atoms. The molecule has 0 aliphatic rings. The van der Waals surface area contributed by atoms with Gasteiger partial charge in [0.2, 0.25) is 5.78 Å². The number of hydrogen-bond donors (Lipinski definition) is 0. The summed E-state index contributed by atoms with van der Waals surface area (Å²) >= 11 is 5.92. The maximum atomic E-state index is 12.4. The molecule has 21 heavy (non-hydrogen) atoms. The van der Waals surface area contributed by atoms with E-state index in [-0.39, 0.29) is 5.78 Å². The lowest BCUT2D eigenvalue weighted by molar-refractivity contribution is 0.0818. The summed E-state index contributed by atoms with van der Waals surface area (Å²) < 4.78 is 5.68. The summed E-state index contributed by atoms with van der Waals surface area (Å²) in [7, 11) is 0. The van der Waals surface area contributed by atoms with Gasteiger partial charge in [0, 0.05) is 10.6 Å². The predicted octanol–water partition coefficient (Wildman–Crippen LogP) is 4.94. The Hall–Kier alpha value is -1.80. The molecule has 0 aliphatic carbocycles. The summed E-state index contributed by atoms with van der Waals surface area (Å²) in [4.78, 5) is 12.4. The van der Waals surface area contributed by atoms with E-state index in [1.54, 1.807) is 31.2 Å². The number of carbonyl (C=O) groups excluding carboxylic acids is 1. The molecule has 2 aromatic rings. The Morgan fingerprint density at radius 2 is 1.95 bits per heavy atom. The zero-order chi connectivity index (χ0) is 15.2. The Morgan fingerprint density at radius 3 is 2.67 bits per heavy atom. The number of benzene rings is 2. The van der Waals surface area contributed by atoms with E-state index in [0.29, 0.717) is 16.3 Å². The number of aryl methyl sites for hydroxylation is 1. The fourth-order valence-corrected chi connectivity index (χ4v) is 2.38. The highest BCUT2D eigenvalue weighted by atomic mass is 35.5. The van der Waals surface area contributed by atoms with Crippen molar-refractivity contribution in [2.45, 2.75) is 32.8 Å². The van der Waals surface area contributed by atoms with E-state index < -0.39 is 6.10 Å². The fourth-order valence-electron chi connectivity index (χ4n) is 2.20. The second-order valence-electron chi connectivity index (χ2n) is 5.03. The van der Waals surface area contributed by atoms with Crippen molar-refractivity contribution in [1.29, 1.82) is 0 Å². The molecule has 2 aromatic carbocycles. The van der Waals surface area contributed by atoms with Crippen LogP contribution in [0.2, 0.25) is 5.02 Å². The van der Waals surface area contributed by atoms with Crippen molar-refractivity contribution in [3.63, 3.8) is 0 Å². The van der Waals surface area contributed by atoms with Crippen LogP contribution in [0.3, 0.4) is 0 Å². The van der Waals surface area contributed by atoms with Crippen molar-refractivity contribution in [1.82, 2.24) is 0 Å². The van der Waals surface area contributed by atoms with Crippen LogP contribution in [-0.2, 0) is 6.42 Å². The molecule has 0 bridgehead atoms. The average Bonchev–Trinajstić information content (AvgIpc) is 2.47. The second-order valence-corrected chi connectivity index (χ2v) is 5.47. The number of ether oxygens (including phenoxy) is 1. The van der Waals surface area contributed by atoms with Gasteiger partial charge in [0.25, 0.3) is 0 Å². The van der Waals surface area contributed by atoms with Gasteiger partial charge >= 0.3 is 0 Å². The first kappa shape index (κ1) is 15.6. The summed E-state index contributed by atoms with van der Waals surface area (Å²) in [5.41, 5.74) is 1.87. The predicted molar refractivity (Wildman–Crippen MR) is 86.3 cm³/mol. The Labute approximate surface area is 130 Å². The van der Waals surface area contributed by atoms with Gasteiger partial charge in [0.05, 0.1) is 0 Å². The maximum Gasteiger partial charge on any atom is 0.203 e. The van der Waals surface area contributed by atoms with E-state index >= 15 is 0 Å². The lowest BCUT2D eigenvalue weighted by Gasteiger charge is -2.14. The molecule has 3 heteroatoms. The summed E-state index contributed by atoms with van der Waals surface area (Å²) in [6, 6.07) is 14.8. The molecule has 0 aliphatic heterocycles. The van der Waals surface area contributed by atoms with E-state index in [1.807, 2.05) is 24.3 Å². The Balaban J connectivity index is 2.10. The molecular weight excluding hydrogens is 284 g/mol. The Bertz CT molecular complexity index is 622. The lowest BCUT2D eigenvalue weighted by atomic mass is 10.0. The van der Waals surface area contributed by atoms with Gasteiger partial charge in [-0.05, 0) is 43.2 Å². The molecule has 0 N–H and O–H groups in total. The van der Waals surface area contributed by atoms with Crippen LogP contribution in [0.1, 0.15) is 36.2 Å². The molecule has 2 nitrogen and oxygen atoms in total. The fraction of sp³-hybridized carbons (Fsp3) is 0.278. The van der Waals surface area contributed by atoms with E-state index in [4.69, 9.17) is 16.3 Å². The van der Waals surface area contributed by atoms with E-state index in [9.17, 15) is 4.79 Å². The van der Waals surface area contributed by atoms with Gasteiger partial charge in [0.15, 0.2) is 6.10 Å². The van der Waals surface area contributed by atoms with Crippen LogP contribution >= 0.6 is 11.6 Å². The topological polar surface area (TPSA) is 26.3 Å². The van der Waals surface area contributed by atoms with Gasteiger partial charge in [-0.25, -0.2) is 0 Å². The van der Waals surface area contributed by atoms with Crippen LogP contribution in [0.4, 0.5) is 0 Å². The van der Waals surface area contributed by atoms with Crippen molar-refractivity contribution < 1.29 is 9.53 Å². The molecule has 0 heterocycles. The molecule has 0 amide bonds. The largest absolute Gasteiger partial charge is 0.483 e. The molecule has 0 aromatic heterocycles. The molecule has 1 unspecified atom stereocenters. The first-order chi connectivity index (χ1) is 10.1. The minimum absolute atomic E-state index is 0.0204. The van der Waals surface area contributed by atoms with Crippen LogP contribution in [0.15, 0.2) is 48.5 Å². The highest BCUT2D eigenvalue weighted by Crippen LogP contribution is 2.19. The summed E-state index contributed by atoms with van der Waals surface area (Å²) in [6.45, 7) is 3.88. The van der Waals surface area contributed by atoms with Crippen LogP contribution in [0.5, 0.6) is 5.75 Å². The van der Waals surface area contributed by atoms with Crippen molar-refractivity contribution in [2.24, 2.45) is 0 Å². The lowest BCUT2D eigenvalue weighted by Crippen LogP contribution is -2.24. The number of Topliss-reactive ketones (excluding diaryl/α,β-unsaturated/α-hetero) is 1. The third-order valence-electron chi connectivity index (χ3n) is 3.23. The van der Waals surface area contributed by atoms with Crippen molar-refractivity contribution in [2.75, 3.05) is 0 Å². The molecular formula is C18H19ClO2. The van der Waals surface area contributed by atoms with Gasteiger partial charge in [0.1, 0.15) is 5.75 Å². The Morgan fingerprint density at radius 1 is 1.19 bits per heavy atom. The summed E-state index contributed by atoms with van der Waals surface area (Å²) in [5, 5.41) is 0.595. The quantitative estimate of drug-likeness (QED) is 0.706. The standard InChI is InChI=1S/C18H19ClO2/c1-3-6-14-7-4-8-15(11-14)18(20)13(2)21-17-10-5-9-16(19)12-17/h4-5,7-13H,3,6H2,1-2H3. The highest BCUT2D eigenvalue weighted by Gasteiger charge is 2.17. The SMILES string of the molecule is CCCc1cccc(C(=O)C(C)Oc2cccc(Cl)c2)c1. The number of hydrogen-bond acceptors (Lipinski definition) is 2. The van der Waals surface area contributed by atoms with Gasteiger partial charge < -0.3 is 4.74 Å². The number of ketones is 1. The minimum atomic E-state index is -0.541. The van der Waals surface area contributed by atoms with Gasteiger partial charge in [-0.3, -0.25) is 4.79 Å². The van der Waals surface area contributed by atoms with Crippen molar-refractivity contribution >= 4 is 17.4 Å². The first-order valence-corrected chi connectivity index (χ1v) is 7.53. The molecule has 2 rings (SSSR count). The summed E-state index contributed by atoms with van der Waals surface area (Å²) in [6.07, 6.45) is 1.50. The monoisotopic (exact) mass is 302 g/mol. The van der Waals surface area contributed by atoms with Crippen molar-refractivity contribution in [3.05, 3.63) is 64.7 Å². The van der Waals surface area contributed by atoms with Crippen LogP contribution in [-0.4, -0.2) is 11.9 Å². The number of carbonyl (C=O) groups is 1. The second kappa shape index (κ2) is 7.28. The van der Waals surface area contributed by atoms with Gasteiger partial charge in [-0.15, -0.1) is 0 Å². The first-order valence-electron chi connectivity index (χ1n) is 7.15. The summed E-state index contributed by atoms with van der Waals surface area (Å²) in [5.74, 6) is 0.584. The smallest absolute Gasteiger partial charge is 0.203 e. The maximum absolute atomic E-state index is 12.4. The zero-order valence-corrected chi connectivity index (χ0v) is 13.1. The van der Waals surface area contributed by atoms with Crippen LogP contribution < -0.4 is 4.74 Å². The molecule has 0 fully saturated rings. The molecule has 0 saturated carbocycles. The zero-order valence-electron chi connectivity index (χ0n) is 12.3.